The molecule has 0 spiro atoms. The van der Waals surface area contributed by atoms with E-state index in [0.717, 1.165) is 78.0 Å². The van der Waals surface area contributed by atoms with Crippen LogP contribution < -0.4 is 5.32 Å². The monoisotopic (exact) mass is 340 g/mol. The molecule has 1 N–H and O–H groups in total. The Hall–Kier alpha value is -0.850. The Labute approximate surface area is 147 Å². The standard InChI is InChI=1S/C18H36N4O2/c1-4-21(5-2)17-7-10-22(13-17)18(19-3)20-9-6-11-23-14-16-8-12-24-15-16/h16-17H,4-15H2,1-3H3,(H,19,20). The van der Waals surface area contributed by atoms with Gasteiger partial charge in [0.15, 0.2) is 5.96 Å². The predicted molar refractivity (Wildman–Crippen MR) is 98.6 cm³/mol. The van der Waals surface area contributed by atoms with Gasteiger partial charge in [-0.05, 0) is 32.4 Å². The van der Waals surface area contributed by atoms with Crippen molar-refractivity contribution < 1.29 is 9.47 Å². The maximum absolute atomic E-state index is 5.76. The second-order valence-electron chi connectivity index (χ2n) is 6.74. The minimum Gasteiger partial charge on any atom is -0.381 e. The quantitative estimate of drug-likeness (QED) is 0.391. The van der Waals surface area contributed by atoms with Gasteiger partial charge in [-0.25, -0.2) is 0 Å². The molecule has 6 heteroatoms. The van der Waals surface area contributed by atoms with Crippen molar-refractivity contribution in [2.24, 2.45) is 10.9 Å². The second-order valence-corrected chi connectivity index (χ2v) is 6.74. The Morgan fingerprint density at radius 2 is 2.17 bits per heavy atom. The maximum atomic E-state index is 5.76. The molecule has 2 heterocycles. The smallest absolute Gasteiger partial charge is 0.193 e. The van der Waals surface area contributed by atoms with E-state index in [4.69, 9.17) is 9.47 Å². The molecule has 2 fully saturated rings. The van der Waals surface area contributed by atoms with Gasteiger partial charge >= 0.3 is 0 Å². The lowest BCUT2D eigenvalue weighted by Gasteiger charge is -2.27. The molecule has 6 nitrogen and oxygen atoms in total. The van der Waals surface area contributed by atoms with Gasteiger partial charge < -0.3 is 19.7 Å². The summed E-state index contributed by atoms with van der Waals surface area (Å²) in [6.07, 6.45) is 3.39. The third kappa shape index (κ3) is 5.90. The lowest BCUT2D eigenvalue weighted by atomic mass is 10.1. The Bertz CT molecular complexity index is 368. The van der Waals surface area contributed by atoms with Crippen LogP contribution in [0.4, 0.5) is 0 Å². The average Bonchev–Trinajstić information content (AvgIpc) is 3.27. The van der Waals surface area contributed by atoms with E-state index in [1.54, 1.807) is 0 Å². The number of nitrogens with one attached hydrogen (secondary N) is 1. The molecule has 0 saturated carbocycles. The van der Waals surface area contributed by atoms with Crippen LogP contribution in [0.25, 0.3) is 0 Å². The second kappa shape index (κ2) is 10.9. The summed E-state index contributed by atoms with van der Waals surface area (Å²) < 4.78 is 11.1. The van der Waals surface area contributed by atoms with Crippen LogP contribution in [-0.4, -0.2) is 88.0 Å². The van der Waals surface area contributed by atoms with Crippen LogP contribution in [0.3, 0.4) is 0 Å². The molecule has 2 unspecified atom stereocenters. The van der Waals surface area contributed by atoms with Crippen LogP contribution in [0, 0.1) is 5.92 Å². The highest BCUT2D eigenvalue weighted by molar-refractivity contribution is 5.80. The molecule has 0 aromatic heterocycles. The topological polar surface area (TPSA) is 49.3 Å². The molecule has 2 saturated heterocycles. The highest BCUT2D eigenvalue weighted by Gasteiger charge is 2.27. The fraction of sp³-hybridized carbons (Fsp3) is 0.944. The first kappa shape index (κ1) is 19.5. The van der Waals surface area contributed by atoms with Crippen molar-refractivity contribution in [1.29, 1.82) is 0 Å². The zero-order chi connectivity index (χ0) is 17.2. The number of hydrogen-bond donors (Lipinski definition) is 1. The van der Waals surface area contributed by atoms with Gasteiger partial charge in [-0.15, -0.1) is 0 Å². The Morgan fingerprint density at radius 1 is 1.33 bits per heavy atom. The molecule has 2 rings (SSSR count). The third-order valence-corrected chi connectivity index (χ3v) is 5.13. The summed E-state index contributed by atoms with van der Waals surface area (Å²) in [4.78, 5) is 9.39. The van der Waals surface area contributed by atoms with Gasteiger partial charge in [0, 0.05) is 51.9 Å². The number of guanidine groups is 1. The van der Waals surface area contributed by atoms with E-state index in [0.29, 0.717) is 12.0 Å². The molecule has 0 amide bonds. The summed E-state index contributed by atoms with van der Waals surface area (Å²) in [6.45, 7) is 13.3. The van der Waals surface area contributed by atoms with Gasteiger partial charge in [0.05, 0.1) is 13.2 Å². The lowest BCUT2D eigenvalue weighted by Crippen LogP contribution is -2.43. The molecule has 2 atom stereocenters. The van der Waals surface area contributed by atoms with E-state index in [9.17, 15) is 0 Å². The van der Waals surface area contributed by atoms with E-state index in [1.165, 1.54) is 6.42 Å². The number of ether oxygens (including phenoxy) is 2. The molecule has 2 aliphatic heterocycles. The number of nitrogens with zero attached hydrogens (tertiary/aromatic N) is 3. The fourth-order valence-corrected chi connectivity index (χ4v) is 3.64. The van der Waals surface area contributed by atoms with E-state index >= 15 is 0 Å². The van der Waals surface area contributed by atoms with Gasteiger partial charge in [-0.1, -0.05) is 13.8 Å². The average molecular weight is 341 g/mol. The predicted octanol–water partition coefficient (Wildman–Crippen LogP) is 1.42. The van der Waals surface area contributed by atoms with Crippen LogP contribution in [0.2, 0.25) is 0 Å². The van der Waals surface area contributed by atoms with E-state index < -0.39 is 0 Å². The van der Waals surface area contributed by atoms with Crippen molar-refractivity contribution in [2.75, 3.05) is 66.2 Å². The first-order valence-electron chi connectivity index (χ1n) is 9.63. The van der Waals surface area contributed by atoms with Gasteiger partial charge in [-0.2, -0.15) is 0 Å². The van der Waals surface area contributed by atoms with Gasteiger partial charge in [0.1, 0.15) is 0 Å². The minimum absolute atomic E-state index is 0.604. The molecular weight excluding hydrogens is 304 g/mol. The van der Waals surface area contributed by atoms with E-state index in [-0.39, 0.29) is 0 Å². The van der Waals surface area contributed by atoms with Crippen LogP contribution in [-0.2, 0) is 9.47 Å². The zero-order valence-corrected chi connectivity index (χ0v) is 15.8. The van der Waals surface area contributed by atoms with Gasteiger partial charge in [0.2, 0.25) is 0 Å². The molecule has 0 bridgehead atoms. The minimum atomic E-state index is 0.604. The SMILES string of the molecule is CCN(CC)C1CCN(C(=NC)NCCCOCC2CCOC2)C1. The number of likely N-dealkylation sites (tertiary alicyclic amines) is 1. The van der Waals surface area contributed by atoms with Crippen molar-refractivity contribution in [3.8, 4) is 0 Å². The first-order chi connectivity index (χ1) is 11.8. The van der Waals surface area contributed by atoms with Crippen molar-refractivity contribution in [2.45, 2.75) is 39.2 Å². The van der Waals surface area contributed by atoms with E-state index in [2.05, 4.69) is 34.0 Å². The Morgan fingerprint density at radius 3 is 2.83 bits per heavy atom. The van der Waals surface area contributed by atoms with Crippen LogP contribution >= 0.6 is 0 Å². The molecule has 0 radical (unpaired) electrons. The molecule has 24 heavy (non-hydrogen) atoms. The summed E-state index contributed by atoms with van der Waals surface area (Å²) >= 11 is 0. The maximum Gasteiger partial charge on any atom is 0.193 e. The normalized spacial score (nSPS) is 25.0. The highest BCUT2D eigenvalue weighted by atomic mass is 16.5. The van der Waals surface area contributed by atoms with Crippen LogP contribution in [0.15, 0.2) is 4.99 Å². The van der Waals surface area contributed by atoms with E-state index in [1.807, 2.05) is 7.05 Å². The molecule has 140 valence electrons. The number of rotatable bonds is 9. The van der Waals surface area contributed by atoms with Crippen molar-refractivity contribution >= 4 is 5.96 Å². The summed E-state index contributed by atoms with van der Waals surface area (Å²) in [5.41, 5.74) is 0. The molecule has 2 aliphatic rings. The van der Waals surface area contributed by atoms with Crippen molar-refractivity contribution in [1.82, 2.24) is 15.1 Å². The van der Waals surface area contributed by atoms with Crippen molar-refractivity contribution in [3.05, 3.63) is 0 Å². The summed E-state index contributed by atoms with van der Waals surface area (Å²) in [5.74, 6) is 1.64. The van der Waals surface area contributed by atoms with Crippen LogP contribution in [0.1, 0.15) is 33.1 Å². The fourth-order valence-electron chi connectivity index (χ4n) is 3.64. The first-order valence-corrected chi connectivity index (χ1v) is 9.63. The largest absolute Gasteiger partial charge is 0.381 e. The number of likely N-dealkylation sites (N-methyl/N-ethyl adjacent to an activating group) is 1. The number of aliphatic imine (C=N–C) groups is 1. The highest BCUT2D eigenvalue weighted by Crippen LogP contribution is 2.15. The van der Waals surface area contributed by atoms with Crippen LogP contribution in [0.5, 0.6) is 0 Å². The third-order valence-electron chi connectivity index (χ3n) is 5.13. The summed E-state index contributed by atoms with van der Waals surface area (Å²) in [7, 11) is 1.88. The lowest BCUT2D eigenvalue weighted by molar-refractivity contribution is 0.0887. The molecule has 0 aromatic rings. The van der Waals surface area contributed by atoms with Crippen molar-refractivity contribution in [3.63, 3.8) is 0 Å². The molecule has 0 aromatic carbocycles. The molecule has 0 aliphatic carbocycles. The summed E-state index contributed by atoms with van der Waals surface area (Å²) in [6, 6.07) is 0.663. The number of hydrogen-bond acceptors (Lipinski definition) is 4. The van der Waals surface area contributed by atoms with Gasteiger partial charge in [-0.3, -0.25) is 9.89 Å². The Kier molecular flexibility index (Phi) is 8.84. The Balaban J connectivity index is 1.58. The summed E-state index contributed by atoms with van der Waals surface area (Å²) in [5, 5.41) is 3.49. The molecular formula is C18H36N4O2. The van der Waals surface area contributed by atoms with Gasteiger partial charge in [0.25, 0.3) is 0 Å². The zero-order valence-electron chi connectivity index (χ0n) is 15.8.